The van der Waals surface area contributed by atoms with Crippen LogP contribution in [-0.4, -0.2) is 9.13 Å². The quantitative estimate of drug-likeness (QED) is 0.142. The highest BCUT2D eigenvalue weighted by Crippen LogP contribution is 2.49. The Morgan fingerprint density at radius 3 is 0.881 bits per heavy atom. The second-order valence-electron chi connectivity index (χ2n) is 30.1. The molecule has 0 saturated heterocycles. The number of hydrogen-bond acceptors (Lipinski definition) is 2. The first kappa shape index (κ1) is 63.7. The highest BCUT2D eigenvalue weighted by molar-refractivity contribution is 6.24. The molecule has 0 saturated carbocycles. The summed E-state index contributed by atoms with van der Waals surface area (Å²) in [5.74, 6) is 0. The zero-order valence-corrected chi connectivity index (χ0v) is 60.9. The van der Waals surface area contributed by atoms with E-state index in [1.165, 1.54) is 142 Å². The molecular formula is C105H72N2O2. The summed E-state index contributed by atoms with van der Waals surface area (Å²) in [5, 5.41) is 19.7. The van der Waals surface area contributed by atoms with E-state index in [1.807, 2.05) is 0 Å². The number of nitrogens with zero attached hydrogens (tertiary/aromatic N) is 2. The Kier molecular flexibility index (Phi) is 14.7. The van der Waals surface area contributed by atoms with Gasteiger partial charge in [-0.15, -0.1) is 0 Å². The van der Waals surface area contributed by atoms with Gasteiger partial charge in [-0.25, -0.2) is 0 Å². The molecule has 0 aliphatic carbocycles. The molecule has 22 rings (SSSR count). The van der Waals surface area contributed by atoms with E-state index in [4.69, 9.17) is 8.83 Å². The molecule has 4 heteroatoms. The van der Waals surface area contributed by atoms with Crippen LogP contribution in [0.3, 0.4) is 0 Å². The molecule has 0 bridgehead atoms. The van der Waals surface area contributed by atoms with Gasteiger partial charge in [-0.3, -0.25) is 0 Å². The topological polar surface area (TPSA) is 36.1 Å². The van der Waals surface area contributed by atoms with E-state index in [2.05, 4.69) is 401 Å². The van der Waals surface area contributed by atoms with Gasteiger partial charge in [-0.1, -0.05) is 324 Å². The van der Waals surface area contributed by atoms with Gasteiger partial charge in [0.05, 0.1) is 22.1 Å². The van der Waals surface area contributed by atoms with Gasteiger partial charge < -0.3 is 18.0 Å². The minimum Gasteiger partial charge on any atom is -0.455 e. The molecule has 0 unspecified atom stereocenters. The van der Waals surface area contributed by atoms with Crippen molar-refractivity contribution in [2.45, 2.75) is 33.1 Å². The van der Waals surface area contributed by atoms with Crippen molar-refractivity contribution in [3.63, 3.8) is 0 Å². The summed E-state index contributed by atoms with van der Waals surface area (Å²) < 4.78 is 18.2. The number of furan rings is 2. The minimum atomic E-state index is -0.0267. The van der Waals surface area contributed by atoms with Crippen LogP contribution in [0.2, 0.25) is 0 Å². The zero-order chi connectivity index (χ0) is 72.6. The van der Waals surface area contributed by atoms with Gasteiger partial charge in [0.1, 0.15) is 22.3 Å². The first-order valence-corrected chi connectivity index (χ1v) is 37.8. The third-order valence-electron chi connectivity index (χ3n) is 22.8. The lowest BCUT2D eigenvalue weighted by Crippen LogP contribution is -2.10. The summed E-state index contributed by atoms with van der Waals surface area (Å²) in [6.07, 6.45) is 0. The second kappa shape index (κ2) is 25.2. The smallest absolute Gasteiger partial charge is 0.143 e. The second-order valence-corrected chi connectivity index (χ2v) is 30.1. The lowest BCUT2D eigenvalue weighted by molar-refractivity contribution is 0.573. The maximum absolute atomic E-state index is 6.79. The number of aromatic nitrogens is 2. The van der Waals surface area contributed by atoms with E-state index >= 15 is 0 Å². The summed E-state index contributed by atoms with van der Waals surface area (Å²) in [6.45, 7) is 8.87. The van der Waals surface area contributed by atoms with Crippen molar-refractivity contribution in [3.05, 3.63) is 375 Å². The third kappa shape index (κ3) is 10.2. The Morgan fingerprint density at radius 2 is 0.495 bits per heavy atom. The highest BCUT2D eigenvalue weighted by atomic mass is 16.3. The largest absolute Gasteiger partial charge is 0.455 e. The van der Waals surface area contributed by atoms with Crippen molar-refractivity contribution in [2.75, 3.05) is 0 Å². The predicted molar refractivity (Wildman–Crippen MR) is 462 cm³/mol. The normalized spacial score (nSPS) is 12.0. The van der Waals surface area contributed by atoms with Crippen molar-refractivity contribution in [2.24, 2.45) is 0 Å². The fourth-order valence-electron chi connectivity index (χ4n) is 17.9. The van der Waals surface area contributed by atoms with Crippen LogP contribution in [0.5, 0.6) is 0 Å². The molecule has 0 fully saturated rings. The maximum Gasteiger partial charge on any atom is 0.143 e. The summed E-state index contributed by atoms with van der Waals surface area (Å²) in [4.78, 5) is 0. The monoisotopic (exact) mass is 1390 g/mol. The van der Waals surface area contributed by atoms with Crippen LogP contribution in [0.1, 0.15) is 31.9 Å². The van der Waals surface area contributed by atoms with Gasteiger partial charge >= 0.3 is 0 Å². The van der Waals surface area contributed by atoms with Gasteiger partial charge in [0.25, 0.3) is 0 Å². The lowest BCUT2D eigenvalue weighted by atomic mass is 9.86. The van der Waals surface area contributed by atoms with E-state index in [9.17, 15) is 0 Å². The van der Waals surface area contributed by atoms with Gasteiger partial charge in [0.2, 0.25) is 0 Å². The number of rotatable bonds is 8. The van der Waals surface area contributed by atoms with Gasteiger partial charge in [-0.05, 0) is 177 Å². The summed E-state index contributed by atoms with van der Waals surface area (Å²) in [5.41, 5.74) is 27.7. The van der Waals surface area contributed by atoms with Crippen LogP contribution < -0.4 is 0 Å². The fraction of sp³-hybridized carbons (Fsp3) is 0.0476. The zero-order valence-electron chi connectivity index (χ0n) is 60.9. The Bertz CT molecular complexity index is 7310. The number of hydrogen-bond donors (Lipinski definition) is 0. The van der Waals surface area contributed by atoms with E-state index in [-0.39, 0.29) is 5.41 Å². The Hall–Kier alpha value is -13.8. The molecule has 0 radical (unpaired) electrons. The fourth-order valence-corrected chi connectivity index (χ4v) is 17.9. The molecule has 0 aliphatic rings. The average Bonchev–Trinajstić information content (AvgIpc) is 1.34. The number of aryl methyl sites for hydroxylation is 1. The molecule has 4 nitrogen and oxygen atoms in total. The van der Waals surface area contributed by atoms with E-state index in [0.29, 0.717) is 0 Å². The van der Waals surface area contributed by atoms with Crippen LogP contribution in [-0.2, 0) is 5.41 Å². The van der Waals surface area contributed by atoms with Crippen molar-refractivity contribution in [1.82, 2.24) is 9.13 Å². The maximum atomic E-state index is 6.79. The van der Waals surface area contributed by atoms with E-state index in [0.717, 1.165) is 77.7 Å². The van der Waals surface area contributed by atoms with Gasteiger partial charge in [-0.2, -0.15) is 0 Å². The van der Waals surface area contributed by atoms with Crippen LogP contribution in [0.25, 0.3) is 209 Å². The summed E-state index contributed by atoms with van der Waals surface area (Å²) >= 11 is 0. The van der Waals surface area contributed by atoms with Crippen molar-refractivity contribution >= 4 is 131 Å². The Labute approximate surface area is 630 Å². The summed E-state index contributed by atoms with van der Waals surface area (Å²) in [6, 6.07) is 133. The molecule has 109 heavy (non-hydrogen) atoms. The molecular weight excluding hydrogens is 1320 g/mol. The van der Waals surface area contributed by atoms with Crippen LogP contribution >= 0.6 is 0 Å². The van der Waals surface area contributed by atoms with Gasteiger partial charge in [0.15, 0.2) is 0 Å². The molecule has 4 aromatic heterocycles. The molecule has 0 N–H and O–H groups in total. The lowest BCUT2D eigenvalue weighted by Gasteiger charge is -2.18. The first-order chi connectivity index (χ1) is 53.7. The molecule has 0 spiro atoms. The number of benzene rings is 18. The van der Waals surface area contributed by atoms with E-state index < -0.39 is 0 Å². The molecule has 514 valence electrons. The first-order valence-electron chi connectivity index (χ1n) is 37.8. The van der Waals surface area contributed by atoms with Crippen LogP contribution in [0.15, 0.2) is 373 Å². The van der Waals surface area contributed by atoms with Gasteiger partial charge in [0, 0.05) is 71.2 Å². The van der Waals surface area contributed by atoms with E-state index in [1.54, 1.807) is 0 Å². The molecule has 0 atom stereocenters. The molecule has 0 amide bonds. The molecule has 4 heterocycles. The molecule has 18 aromatic carbocycles. The average molecular weight is 1390 g/mol. The molecule has 22 aromatic rings. The Morgan fingerprint density at radius 1 is 0.211 bits per heavy atom. The predicted octanol–water partition coefficient (Wildman–Crippen LogP) is 29.6. The highest BCUT2D eigenvalue weighted by Gasteiger charge is 2.25. The summed E-state index contributed by atoms with van der Waals surface area (Å²) in [7, 11) is 0. The van der Waals surface area contributed by atoms with Crippen LogP contribution in [0.4, 0.5) is 0 Å². The van der Waals surface area contributed by atoms with Crippen LogP contribution in [0, 0.1) is 6.92 Å². The molecule has 0 aliphatic heterocycles. The SMILES string of the molecule is CC(C)(C)c1cccc2c1oc1c(-c3ccc4c(c3)c3ccccc3n4-c3ccc(-c4c5ccccc5c(-c5ccccc5)c5ccccc45)cc3)cccc12.Cc1cccc2c1oc1c(-c3ccc4c(c3)c3ccccc3n4-c3ccc(-c4c5ccccc5c(-c5ccccc5)c5ccccc45)cc3)cccc12. The third-order valence-corrected chi connectivity index (χ3v) is 22.8. The standard InChI is InChI=1S/C54H39NO.C51H33NO/c1-54(2,3)47-25-14-24-45-44-23-13-22-38(52(44)56-53(45)47)36-29-32-49-46(33-36)39-17-11-12-26-48(39)55(49)37-30-27-35(28-31-37)51-42-20-9-7-18-40(42)50(34-15-5-4-6-16-34)41-19-8-10-21-43(41)51;1-32-13-11-22-43-44-23-12-21-37(51(44)53-50(32)43)35-27-30-47-45(31-35)38-16-9-10-24-46(38)52(47)36-28-25-34(26-29-36)49-41-19-7-5-17-39(41)48(33-14-3-2-4-15-33)40-18-6-8-20-42(40)49/h4-33H,1-3H3;2-31H,1H3. The van der Waals surface area contributed by atoms with Crippen molar-refractivity contribution in [1.29, 1.82) is 0 Å². The Balaban J connectivity index is 0.000000139. The van der Waals surface area contributed by atoms with Crippen molar-refractivity contribution < 1.29 is 8.83 Å². The minimum absolute atomic E-state index is 0.0267. The number of fused-ring (bicyclic) bond motifs is 16. The number of para-hydroxylation sites is 6. The van der Waals surface area contributed by atoms with Crippen molar-refractivity contribution in [3.8, 4) is 78.1 Å².